The molecule has 0 bridgehead atoms. The van der Waals surface area contributed by atoms with Gasteiger partial charge in [-0.2, -0.15) is 26.3 Å². The molecule has 0 radical (unpaired) electrons. The standard InChI is InChI=1S/C12H13BrF6N2OS/c1-10(2,3)23(22)21-9(12(17,18)19)6-4-8(11(14,15)16)20-5-7(6)13/h4-5,9,21H,1-3H3/t9-,23?/m1/s1. The lowest BCUT2D eigenvalue weighted by molar-refractivity contribution is -0.154. The molecule has 0 aliphatic heterocycles. The van der Waals surface area contributed by atoms with Crippen LogP contribution in [-0.4, -0.2) is 20.1 Å². The van der Waals surface area contributed by atoms with Crippen LogP contribution in [0.2, 0.25) is 0 Å². The van der Waals surface area contributed by atoms with Crippen LogP contribution in [0.25, 0.3) is 0 Å². The summed E-state index contributed by atoms with van der Waals surface area (Å²) < 4.78 is 90.2. The average Bonchev–Trinajstić information content (AvgIpc) is 2.32. The first kappa shape index (κ1) is 20.4. The van der Waals surface area contributed by atoms with E-state index in [0.29, 0.717) is 6.20 Å². The maximum atomic E-state index is 13.2. The maximum Gasteiger partial charge on any atom is 0.433 e. The number of hydrogen-bond acceptors (Lipinski definition) is 2. The number of alkyl halides is 6. The van der Waals surface area contributed by atoms with Crippen molar-refractivity contribution in [1.29, 1.82) is 0 Å². The summed E-state index contributed by atoms with van der Waals surface area (Å²) in [5, 5.41) is 0. The van der Waals surface area contributed by atoms with Gasteiger partial charge in [-0.05, 0) is 48.3 Å². The smallest absolute Gasteiger partial charge is 0.251 e. The normalized spacial score (nSPS) is 16.3. The first-order valence-electron chi connectivity index (χ1n) is 6.11. The van der Waals surface area contributed by atoms with E-state index in [1.807, 2.05) is 4.72 Å². The van der Waals surface area contributed by atoms with Crippen molar-refractivity contribution in [1.82, 2.24) is 9.71 Å². The third-order valence-corrected chi connectivity index (χ3v) is 4.82. The molecule has 1 aromatic heterocycles. The van der Waals surface area contributed by atoms with Crippen molar-refractivity contribution in [3.63, 3.8) is 0 Å². The van der Waals surface area contributed by atoms with Gasteiger partial charge in [-0.25, -0.2) is 8.93 Å². The van der Waals surface area contributed by atoms with E-state index in [1.54, 1.807) is 0 Å². The molecule has 11 heteroatoms. The molecule has 1 unspecified atom stereocenters. The van der Waals surface area contributed by atoms with Gasteiger partial charge >= 0.3 is 12.4 Å². The van der Waals surface area contributed by atoms with Crippen LogP contribution in [0.5, 0.6) is 0 Å². The predicted octanol–water partition coefficient (Wildman–Crippen LogP) is 4.52. The Hall–Kier alpha value is -0.680. The Morgan fingerprint density at radius 3 is 2.09 bits per heavy atom. The fourth-order valence-corrected chi connectivity index (χ4v) is 2.69. The lowest BCUT2D eigenvalue weighted by atomic mass is 10.1. The van der Waals surface area contributed by atoms with Crippen LogP contribution in [0.3, 0.4) is 0 Å². The number of aromatic nitrogens is 1. The topological polar surface area (TPSA) is 42.0 Å². The number of pyridine rings is 1. The summed E-state index contributed by atoms with van der Waals surface area (Å²) in [7, 11) is -2.14. The number of hydrogen-bond donors (Lipinski definition) is 1. The lowest BCUT2D eigenvalue weighted by Crippen LogP contribution is -2.41. The first-order chi connectivity index (χ1) is 10.1. The second-order valence-corrected chi connectivity index (χ2v) is 8.41. The van der Waals surface area contributed by atoms with E-state index >= 15 is 0 Å². The average molecular weight is 427 g/mol. The molecular formula is C12H13BrF6N2OS. The van der Waals surface area contributed by atoms with E-state index in [1.165, 1.54) is 20.8 Å². The minimum Gasteiger partial charge on any atom is -0.251 e. The van der Waals surface area contributed by atoms with Crippen LogP contribution in [0.1, 0.15) is 38.1 Å². The molecule has 2 atom stereocenters. The lowest BCUT2D eigenvalue weighted by Gasteiger charge is -2.27. The molecule has 1 N–H and O–H groups in total. The van der Waals surface area contributed by atoms with Crippen molar-refractivity contribution in [2.75, 3.05) is 0 Å². The summed E-state index contributed by atoms with van der Waals surface area (Å²) >= 11 is 2.76. The minimum atomic E-state index is -4.95. The minimum absolute atomic E-state index is 0.272. The molecule has 0 amide bonds. The third kappa shape index (κ3) is 5.42. The van der Waals surface area contributed by atoms with Crippen LogP contribution in [0.4, 0.5) is 26.3 Å². The van der Waals surface area contributed by atoms with Crippen LogP contribution in [0.15, 0.2) is 16.7 Å². The summed E-state index contributed by atoms with van der Waals surface area (Å²) in [5.41, 5.74) is -2.20. The molecule has 1 heterocycles. The Kier molecular flexibility index (Phi) is 5.91. The van der Waals surface area contributed by atoms with Gasteiger partial charge in [0.1, 0.15) is 11.7 Å². The Bertz CT molecular complexity index is 597. The van der Waals surface area contributed by atoms with E-state index < -0.39 is 45.4 Å². The Morgan fingerprint density at radius 1 is 1.17 bits per heavy atom. The molecule has 1 aromatic rings. The van der Waals surface area contributed by atoms with Gasteiger partial charge in [0.25, 0.3) is 0 Å². The van der Waals surface area contributed by atoms with E-state index in [0.717, 1.165) is 0 Å². The SMILES string of the molecule is CC(C)(C)S(=O)N[C@H](c1cc(C(F)(F)F)ncc1Br)C(F)(F)F. The van der Waals surface area contributed by atoms with Crippen molar-refractivity contribution >= 4 is 26.9 Å². The zero-order valence-corrected chi connectivity index (χ0v) is 14.5. The highest BCUT2D eigenvalue weighted by Gasteiger charge is 2.45. The van der Waals surface area contributed by atoms with Gasteiger partial charge in [-0.3, -0.25) is 4.98 Å². The molecule has 0 aliphatic carbocycles. The van der Waals surface area contributed by atoms with E-state index in [4.69, 9.17) is 0 Å². The van der Waals surface area contributed by atoms with Crippen LogP contribution < -0.4 is 4.72 Å². The van der Waals surface area contributed by atoms with Gasteiger partial charge in [0.15, 0.2) is 0 Å². The van der Waals surface area contributed by atoms with Gasteiger partial charge < -0.3 is 0 Å². The predicted molar refractivity (Wildman–Crippen MR) is 76.8 cm³/mol. The molecule has 23 heavy (non-hydrogen) atoms. The Morgan fingerprint density at radius 2 is 1.70 bits per heavy atom. The quantitative estimate of drug-likeness (QED) is 0.722. The van der Waals surface area contributed by atoms with Gasteiger partial charge in [0.2, 0.25) is 0 Å². The van der Waals surface area contributed by atoms with Crippen LogP contribution in [0, 0.1) is 0 Å². The van der Waals surface area contributed by atoms with Crippen molar-refractivity contribution < 1.29 is 30.6 Å². The summed E-state index contributed by atoms with van der Waals surface area (Å²) in [5.74, 6) is 0. The first-order valence-corrected chi connectivity index (χ1v) is 8.05. The van der Waals surface area contributed by atoms with Crippen LogP contribution in [-0.2, 0) is 17.2 Å². The fraction of sp³-hybridized carbons (Fsp3) is 0.583. The molecule has 0 aromatic carbocycles. The van der Waals surface area contributed by atoms with Gasteiger partial charge in [-0.1, -0.05) is 0 Å². The molecule has 0 saturated heterocycles. The molecule has 0 fully saturated rings. The number of nitrogens with zero attached hydrogens (tertiary/aromatic N) is 1. The van der Waals surface area contributed by atoms with Gasteiger partial charge in [0, 0.05) is 10.7 Å². The number of halogens is 7. The van der Waals surface area contributed by atoms with Crippen LogP contribution >= 0.6 is 15.9 Å². The zero-order chi connectivity index (χ0) is 18.2. The van der Waals surface area contributed by atoms with Crippen molar-refractivity contribution in [3.8, 4) is 0 Å². The fourth-order valence-electron chi connectivity index (χ4n) is 1.42. The summed E-state index contributed by atoms with van der Waals surface area (Å²) in [6, 6.07) is -2.25. The summed E-state index contributed by atoms with van der Waals surface area (Å²) in [4.78, 5) is 3.06. The van der Waals surface area contributed by atoms with Crippen molar-refractivity contribution in [3.05, 3.63) is 28.0 Å². The maximum absolute atomic E-state index is 13.2. The molecule has 0 aliphatic rings. The van der Waals surface area contributed by atoms with E-state index in [-0.39, 0.29) is 10.5 Å². The Balaban J connectivity index is 3.37. The second-order valence-electron chi connectivity index (χ2n) is 5.56. The molecule has 0 saturated carbocycles. The molecule has 0 spiro atoms. The highest BCUT2D eigenvalue weighted by Crippen LogP contribution is 2.39. The summed E-state index contributed by atoms with van der Waals surface area (Å²) in [6.45, 7) is 4.31. The number of nitrogens with one attached hydrogen (secondary N) is 1. The molecular weight excluding hydrogens is 414 g/mol. The highest BCUT2D eigenvalue weighted by molar-refractivity contribution is 9.10. The monoisotopic (exact) mass is 426 g/mol. The van der Waals surface area contributed by atoms with E-state index in [9.17, 15) is 30.6 Å². The van der Waals surface area contributed by atoms with Gasteiger partial charge in [0.05, 0.1) is 15.7 Å². The summed E-state index contributed by atoms with van der Waals surface area (Å²) in [6.07, 6.45) is -9.21. The second kappa shape index (κ2) is 6.67. The molecule has 3 nitrogen and oxygen atoms in total. The van der Waals surface area contributed by atoms with Crippen molar-refractivity contribution in [2.45, 2.75) is 43.9 Å². The molecule has 1 rings (SSSR count). The molecule has 132 valence electrons. The van der Waals surface area contributed by atoms with Crippen molar-refractivity contribution in [2.24, 2.45) is 0 Å². The van der Waals surface area contributed by atoms with E-state index in [2.05, 4.69) is 20.9 Å². The van der Waals surface area contributed by atoms with Gasteiger partial charge in [-0.15, -0.1) is 0 Å². The zero-order valence-electron chi connectivity index (χ0n) is 12.1. The largest absolute Gasteiger partial charge is 0.433 e. The highest BCUT2D eigenvalue weighted by atomic mass is 79.9. The Labute approximate surface area is 139 Å². The number of rotatable bonds is 3. The third-order valence-electron chi connectivity index (χ3n) is 2.59.